The van der Waals surface area contributed by atoms with Gasteiger partial charge in [0.15, 0.2) is 17.0 Å². The van der Waals surface area contributed by atoms with Crippen LogP contribution >= 0.6 is 22.6 Å². The molecule has 4 N–H and O–H groups in total. The molecule has 0 aliphatic heterocycles. The topological polar surface area (TPSA) is 108 Å². The predicted molar refractivity (Wildman–Crippen MR) is 137 cm³/mol. The maximum Gasteiger partial charge on any atom is 0.226 e. The molecule has 1 aromatic carbocycles. The number of rotatable bonds is 10. The quantitative estimate of drug-likeness (QED) is 0.260. The van der Waals surface area contributed by atoms with Crippen molar-refractivity contribution in [3.63, 3.8) is 0 Å². The van der Waals surface area contributed by atoms with Gasteiger partial charge in [-0.2, -0.15) is 9.97 Å². The molecule has 32 heavy (non-hydrogen) atoms. The van der Waals surface area contributed by atoms with E-state index in [1.165, 1.54) is 0 Å². The summed E-state index contributed by atoms with van der Waals surface area (Å²) in [7, 11) is 0. The van der Waals surface area contributed by atoms with E-state index in [2.05, 4.69) is 61.6 Å². The fraction of sp³-hybridized carbons (Fsp3) is 0.522. The van der Waals surface area contributed by atoms with Crippen molar-refractivity contribution in [2.45, 2.75) is 78.1 Å². The number of aliphatic hydroxyl groups is 1. The van der Waals surface area contributed by atoms with Crippen LogP contribution in [0.25, 0.3) is 11.2 Å². The van der Waals surface area contributed by atoms with Gasteiger partial charge in [-0.15, -0.1) is 0 Å². The van der Waals surface area contributed by atoms with E-state index in [-0.39, 0.29) is 11.8 Å². The number of nitrogens with zero attached hydrogens (tertiary/aromatic N) is 4. The molecule has 0 spiro atoms. The zero-order valence-corrected chi connectivity index (χ0v) is 21.5. The third-order valence-electron chi connectivity index (χ3n) is 5.43. The highest BCUT2D eigenvalue weighted by Gasteiger charge is 2.21. The second kappa shape index (κ2) is 10.2. The van der Waals surface area contributed by atoms with E-state index in [1.54, 1.807) is 19.9 Å². The molecule has 9 heteroatoms. The van der Waals surface area contributed by atoms with E-state index in [0.29, 0.717) is 36.3 Å². The molecule has 1 unspecified atom stereocenters. The van der Waals surface area contributed by atoms with Gasteiger partial charge < -0.3 is 25.4 Å². The number of phenolic OH excluding ortho intramolecular Hbond substituents is 1. The SMILES string of the molecule is CCC(CC)n1cnc2c(NCc3cc(I)ccc3O)nc(NC(C)CC(C)(C)O)nc21. The number of nitrogens with one attached hydrogen (secondary N) is 2. The lowest BCUT2D eigenvalue weighted by molar-refractivity contribution is 0.0672. The molecular formula is C23H33IN6O2. The molecule has 0 saturated carbocycles. The van der Waals surface area contributed by atoms with Crippen LogP contribution in [0.1, 0.15) is 65.5 Å². The molecule has 0 fully saturated rings. The Morgan fingerprint density at radius 3 is 2.56 bits per heavy atom. The van der Waals surface area contributed by atoms with Gasteiger partial charge in [-0.3, -0.25) is 0 Å². The molecule has 2 aromatic heterocycles. The summed E-state index contributed by atoms with van der Waals surface area (Å²) >= 11 is 2.23. The van der Waals surface area contributed by atoms with Crippen molar-refractivity contribution in [2.24, 2.45) is 0 Å². The number of phenols is 1. The van der Waals surface area contributed by atoms with Gasteiger partial charge in [-0.05, 0) is 80.8 Å². The molecular weight excluding hydrogens is 519 g/mol. The van der Waals surface area contributed by atoms with Crippen LogP contribution in [0.3, 0.4) is 0 Å². The second-order valence-electron chi connectivity index (χ2n) is 8.88. The Labute approximate surface area is 203 Å². The van der Waals surface area contributed by atoms with Gasteiger partial charge in [0, 0.05) is 27.8 Å². The summed E-state index contributed by atoms with van der Waals surface area (Å²) in [6.07, 6.45) is 4.33. The zero-order chi connectivity index (χ0) is 23.5. The molecule has 3 aromatic rings. The molecule has 0 aliphatic rings. The van der Waals surface area contributed by atoms with Crippen LogP contribution in [-0.4, -0.2) is 41.4 Å². The van der Waals surface area contributed by atoms with Crippen LogP contribution in [0.5, 0.6) is 5.75 Å². The van der Waals surface area contributed by atoms with E-state index in [1.807, 2.05) is 25.4 Å². The second-order valence-corrected chi connectivity index (χ2v) is 10.1. The maximum atomic E-state index is 10.2. The Morgan fingerprint density at radius 2 is 1.91 bits per heavy atom. The van der Waals surface area contributed by atoms with Gasteiger partial charge in [0.2, 0.25) is 5.95 Å². The van der Waals surface area contributed by atoms with Crippen molar-refractivity contribution in [1.29, 1.82) is 0 Å². The number of hydrogen-bond donors (Lipinski definition) is 4. The minimum atomic E-state index is -0.795. The van der Waals surface area contributed by atoms with E-state index in [4.69, 9.17) is 4.98 Å². The van der Waals surface area contributed by atoms with Crippen molar-refractivity contribution >= 4 is 45.5 Å². The Kier molecular flexibility index (Phi) is 7.81. The number of halogens is 1. The number of aromatic nitrogens is 4. The number of fused-ring (bicyclic) bond motifs is 1. The third kappa shape index (κ3) is 6.00. The lowest BCUT2D eigenvalue weighted by atomic mass is 10.0. The van der Waals surface area contributed by atoms with Gasteiger partial charge in [-0.1, -0.05) is 13.8 Å². The van der Waals surface area contributed by atoms with Gasteiger partial charge in [0.05, 0.1) is 11.9 Å². The first kappa shape index (κ1) is 24.5. The fourth-order valence-corrected chi connectivity index (χ4v) is 4.50. The molecule has 0 saturated heterocycles. The molecule has 2 heterocycles. The molecule has 3 rings (SSSR count). The highest BCUT2D eigenvalue weighted by Crippen LogP contribution is 2.28. The number of hydrogen-bond acceptors (Lipinski definition) is 7. The Balaban J connectivity index is 1.98. The number of benzene rings is 1. The highest BCUT2D eigenvalue weighted by molar-refractivity contribution is 14.1. The molecule has 0 amide bonds. The first-order valence-electron chi connectivity index (χ1n) is 11.1. The number of imidazole rings is 1. The summed E-state index contributed by atoms with van der Waals surface area (Å²) in [5, 5.41) is 27.1. The van der Waals surface area contributed by atoms with Crippen molar-refractivity contribution in [1.82, 2.24) is 19.5 Å². The van der Waals surface area contributed by atoms with Crippen LogP contribution in [0.15, 0.2) is 24.5 Å². The summed E-state index contributed by atoms with van der Waals surface area (Å²) in [5.41, 5.74) is 1.45. The Hall–Kier alpha value is -2.14. The average molecular weight is 552 g/mol. The molecule has 0 radical (unpaired) electrons. The van der Waals surface area contributed by atoms with E-state index in [0.717, 1.165) is 27.6 Å². The van der Waals surface area contributed by atoms with Crippen molar-refractivity contribution in [2.75, 3.05) is 10.6 Å². The molecule has 0 aliphatic carbocycles. The van der Waals surface area contributed by atoms with Gasteiger partial charge in [-0.25, -0.2) is 4.98 Å². The van der Waals surface area contributed by atoms with Crippen LogP contribution in [0.2, 0.25) is 0 Å². The van der Waals surface area contributed by atoms with Gasteiger partial charge in [0.25, 0.3) is 0 Å². The maximum absolute atomic E-state index is 10.2. The number of aromatic hydroxyl groups is 1. The first-order valence-corrected chi connectivity index (χ1v) is 12.1. The molecule has 174 valence electrons. The van der Waals surface area contributed by atoms with Crippen LogP contribution < -0.4 is 10.6 Å². The minimum Gasteiger partial charge on any atom is -0.508 e. The largest absolute Gasteiger partial charge is 0.508 e. The van der Waals surface area contributed by atoms with Crippen molar-refractivity contribution in [3.05, 3.63) is 33.7 Å². The van der Waals surface area contributed by atoms with Crippen LogP contribution in [-0.2, 0) is 6.54 Å². The fourth-order valence-electron chi connectivity index (χ4n) is 3.95. The van der Waals surface area contributed by atoms with E-state index < -0.39 is 5.60 Å². The average Bonchev–Trinajstić information content (AvgIpc) is 3.12. The predicted octanol–water partition coefficient (Wildman–Crippen LogP) is 5.07. The van der Waals surface area contributed by atoms with Crippen molar-refractivity contribution < 1.29 is 10.2 Å². The van der Waals surface area contributed by atoms with Crippen molar-refractivity contribution in [3.8, 4) is 5.75 Å². The summed E-state index contributed by atoms with van der Waals surface area (Å²) in [5.74, 6) is 1.33. The molecule has 1 atom stereocenters. The van der Waals surface area contributed by atoms with Crippen LogP contribution in [0.4, 0.5) is 11.8 Å². The summed E-state index contributed by atoms with van der Waals surface area (Å²) in [6.45, 7) is 10.3. The number of anilines is 2. The van der Waals surface area contributed by atoms with E-state index >= 15 is 0 Å². The monoisotopic (exact) mass is 552 g/mol. The summed E-state index contributed by atoms with van der Waals surface area (Å²) in [4.78, 5) is 14.1. The normalized spacial score (nSPS) is 13.0. The highest BCUT2D eigenvalue weighted by atomic mass is 127. The Bertz CT molecular complexity index is 1060. The Morgan fingerprint density at radius 1 is 1.19 bits per heavy atom. The van der Waals surface area contributed by atoms with Crippen LogP contribution in [0, 0.1) is 3.57 Å². The first-order chi connectivity index (χ1) is 15.1. The molecule has 8 nitrogen and oxygen atoms in total. The lowest BCUT2D eigenvalue weighted by Gasteiger charge is -2.23. The zero-order valence-electron chi connectivity index (χ0n) is 19.4. The lowest BCUT2D eigenvalue weighted by Crippen LogP contribution is -2.29. The minimum absolute atomic E-state index is 0.0236. The standard InChI is InChI=1S/C23H33IN6O2/c1-6-17(7-2)30-13-26-19-20(25-12-15-10-16(24)8-9-18(15)31)28-22(29-21(19)30)27-14(3)11-23(4,5)32/h8-10,13-14,17,31-32H,6-7,11-12H2,1-5H3,(H2,25,27,28,29). The third-order valence-corrected chi connectivity index (χ3v) is 6.10. The smallest absolute Gasteiger partial charge is 0.226 e. The summed E-state index contributed by atoms with van der Waals surface area (Å²) < 4.78 is 3.16. The van der Waals surface area contributed by atoms with E-state index in [9.17, 15) is 10.2 Å². The summed E-state index contributed by atoms with van der Waals surface area (Å²) in [6, 6.07) is 5.77. The molecule has 0 bridgehead atoms. The van der Waals surface area contributed by atoms with Gasteiger partial charge >= 0.3 is 0 Å². The van der Waals surface area contributed by atoms with Gasteiger partial charge in [0.1, 0.15) is 5.75 Å².